The van der Waals surface area contributed by atoms with Crippen LogP contribution in [0.25, 0.3) is 10.1 Å². The van der Waals surface area contributed by atoms with Crippen molar-refractivity contribution >= 4 is 21.4 Å². The second-order valence-corrected chi connectivity index (χ2v) is 3.11. The number of rotatable bonds is 0. The molecule has 0 aliphatic rings. The molecule has 0 N–H and O–H groups in total. The van der Waals surface area contributed by atoms with E-state index >= 15 is 0 Å². The highest BCUT2D eigenvalue weighted by Crippen LogP contribution is 2.20. The summed E-state index contributed by atoms with van der Waals surface area (Å²) in [5.74, 6) is 0. The van der Waals surface area contributed by atoms with E-state index in [0.717, 1.165) is 0 Å². The van der Waals surface area contributed by atoms with Crippen LogP contribution >= 0.6 is 11.3 Å². The molecule has 2 rings (SSSR count). The molecule has 0 bridgehead atoms. The summed E-state index contributed by atoms with van der Waals surface area (Å²) < 4.78 is 3.46. The molecule has 46 valence electrons. The first kappa shape index (κ1) is 5.06. The molecular formula is C7H7NS. The highest BCUT2D eigenvalue weighted by atomic mass is 32.1. The minimum absolute atomic E-state index is 1.35. The minimum atomic E-state index is 1.35. The van der Waals surface area contributed by atoms with E-state index in [1.54, 1.807) is 11.3 Å². The zero-order valence-corrected chi connectivity index (χ0v) is 5.98. The fraction of sp³-hybridized carbons (Fsp3) is 0.143. The molecule has 1 nitrogen and oxygen atoms in total. The number of aryl methyl sites for hydroxylation is 1. The number of hydrogen-bond donors (Lipinski definition) is 0. The van der Waals surface area contributed by atoms with Crippen LogP contribution in [0.1, 0.15) is 0 Å². The SMILES string of the molecule is Cn1cc2ccsc2c1. The Morgan fingerprint density at radius 3 is 3.11 bits per heavy atom. The minimum Gasteiger partial charge on any atom is -0.355 e. The van der Waals surface area contributed by atoms with Crippen LogP contribution in [0.3, 0.4) is 0 Å². The molecule has 2 aromatic heterocycles. The van der Waals surface area contributed by atoms with Gasteiger partial charge in [-0.05, 0) is 11.4 Å². The van der Waals surface area contributed by atoms with Crippen LogP contribution in [0.2, 0.25) is 0 Å². The Morgan fingerprint density at radius 1 is 1.44 bits per heavy atom. The highest BCUT2D eigenvalue weighted by molar-refractivity contribution is 7.17. The second-order valence-electron chi connectivity index (χ2n) is 2.16. The van der Waals surface area contributed by atoms with Gasteiger partial charge < -0.3 is 4.57 Å². The zero-order chi connectivity index (χ0) is 6.27. The summed E-state index contributed by atoms with van der Waals surface area (Å²) >= 11 is 1.79. The molecule has 2 heteroatoms. The zero-order valence-electron chi connectivity index (χ0n) is 5.16. The molecule has 9 heavy (non-hydrogen) atoms. The number of thiophene rings is 1. The molecule has 0 fully saturated rings. The molecule has 0 unspecified atom stereocenters. The molecule has 2 heterocycles. The Kier molecular flexibility index (Phi) is 0.904. The van der Waals surface area contributed by atoms with E-state index in [9.17, 15) is 0 Å². The fourth-order valence-corrected chi connectivity index (χ4v) is 1.83. The second kappa shape index (κ2) is 1.61. The van der Waals surface area contributed by atoms with Crippen molar-refractivity contribution in [2.45, 2.75) is 0 Å². The Morgan fingerprint density at radius 2 is 2.33 bits per heavy atom. The normalized spacial score (nSPS) is 10.8. The maximum Gasteiger partial charge on any atom is 0.0519 e. The molecule has 0 radical (unpaired) electrons. The van der Waals surface area contributed by atoms with E-state index in [2.05, 4.69) is 28.4 Å². The van der Waals surface area contributed by atoms with Crippen molar-refractivity contribution in [1.29, 1.82) is 0 Å². The van der Waals surface area contributed by atoms with Gasteiger partial charge in [0.2, 0.25) is 0 Å². The van der Waals surface area contributed by atoms with Gasteiger partial charge in [-0.15, -0.1) is 11.3 Å². The summed E-state index contributed by atoms with van der Waals surface area (Å²) in [6.45, 7) is 0. The van der Waals surface area contributed by atoms with Crippen LogP contribution in [0, 0.1) is 0 Å². The van der Waals surface area contributed by atoms with Crippen molar-refractivity contribution in [2.24, 2.45) is 7.05 Å². The third-order valence-corrected chi connectivity index (χ3v) is 2.26. The summed E-state index contributed by atoms with van der Waals surface area (Å²) in [5, 5.41) is 3.47. The molecule has 0 aliphatic heterocycles. The molecule has 0 aromatic carbocycles. The standard InChI is InChI=1S/C7H7NS/c1-8-4-6-2-3-9-7(6)5-8/h2-5H,1H3. The van der Waals surface area contributed by atoms with Crippen LogP contribution in [-0.4, -0.2) is 4.57 Å². The van der Waals surface area contributed by atoms with E-state index in [-0.39, 0.29) is 0 Å². The van der Waals surface area contributed by atoms with Gasteiger partial charge in [-0.25, -0.2) is 0 Å². The van der Waals surface area contributed by atoms with Crippen LogP contribution in [0.5, 0.6) is 0 Å². The van der Waals surface area contributed by atoms with Gasteiger partial charge in [-0.3, -0.25) is 0 Å². The Hall–Kier alpha value is -0.760. The van der Waals surface area contributed by atoms with Crippen LogP contribution < -0.4 is 0 Å². The van der Waals surface area contributed by atoms with Crippen molar-refractivity contribution in [2.75, 3.05) is 0 Å². The Bertz CT molecular complexity index is 290. The van der Waals surface area contributed by atoms with Gasteiger partial charge in [-0.2, -0.15) is 0 Å². The summed E-state index contributed by atoms with van der Waals surface area (Å²) in [6.07, 6.45) is 4.27. The van der Waals surface area contributed by atoms with Crippen LogP contribution in [0.15, 0.2) is 23.8 Å². The predicted molar refractivity (Wildman–Crippen MR) is 40.8 cm³/mol. The van der Waals surface area contributed by atoms with E-state index in [1.807, 2.05) is 7.05 Å². The van der Waals surface area contributed by atoms with Gasteiger partial charge in [0.15, 0.2) is 0 Å². The first-order valence-corrected chi connectivity index (χ1v) is 3.73. The monoisotopic (exact) mass is 137 g/mol. The van der Waals surface area contributed by atoms with E-state index < -0.39 is 0 Å². The number of aromatic nitrogens is 1. The lowest BCUT2D eigenvalue weighted by Gasteiger charge is -1.80. The van der Waals surface area contributed by atoms with Crippen molar-refractivity contribution in [3.8, 4) is 0 Å². The van der Waals surface area contributed by atoms with Crippen molar-refractivity contribution < 1.29 is 0 Å². The third kappa shape index (κ3) is 0.669. The van der Waals surface area contributed by atoms with Gasteiger partial charge in [0.25, 0.3) is 0 Å². The summed E-state index contributed by atoms with van der Waals surface area (Å²) in [5.41, 5.74) is 0. The molecule has 0 saturated heterocycles. The van der Waals surface area contributed by atoms with Crippen molar-refractivity contribution in [3.63, 3.8) is 0 Å². The van der Waals surface area contributed by atoms with Gasteiger partial charge in [-0.1, -0.05) is 0 Å². The average molecular weight is 137 g/mol. The molecule has 0 atom stereocenters. The quantitative estimate of drug-likeness (QED) is 0.524. The van der Waals surface area contributed by atoms with Crippen molar-refractivity contribution in [3.05, 3.63) is 23.8 Å². The smallest absolute Gasteiger partial charge is 0.0519 e. The molecule has 0 aliphatic carbocycles. The molecule has 2 aromatic rings. The number of fused-ring (bicyclic) bond motifs is 1. The molecule has 0 amide bonds. The van der Waals surface area contributed by atoms with Crippen LogP contribution in [-0.2, 0) is 7.05 Å². The summed E-state index contributed by atoms with van der Waals surface area (Å²) in [6, 6.07) is 2.14. The van der Waals surface area contributed by atoms with E-state index in [0.29, 0.717) is 0 Å². The highest BCUT2D eigenvalue weighted by Gasteiger charge is 1.93. The number of nitrogens with zero attached hydrogens (tertiary/aromatic N) is 1. The maximum absolute atomic E-state index is 2.14. The number of hydrogen-bond acceptors (Lipinski definition) is 1. The molecule has 0 saturated carbocycles. The Labute approximate surface area is 57.5 Å². The van der Waals surface area contributed by atoms with E-state index in [1.165, 1.54) is 10.1 Å². The summed E-state index contributed by atoms with van der Waals surface area (Å²) in [4.78, 5) is 0. The molecular weight excluding hydrogens is 130 g/mol. The van der Waals surface area contributed by atoms with E-state index in [4.69, 9.17) is 0 Å². The first-order valence-electron chi connectivity index (χ1n) is 2.85. The van der Waals surface area contributed by atoms with Gasteiger partial charge in [0, 0.05) is 24.8 Å². The van der Waals surface area contributed by atoms with Gasteiger partial charge >= 0.3 is 0 Å². The lowest BCUT2D eigenvalue weighted by atomic mass is 10.4. The lowest BCUT2D eigenvalue weighted by Crippen LogP contribution is -1.76. The largest absolute Gasteiger partial charge is 0.355 e. The third-order valence-electron chi connectivity index (χ3n) is 1.39. The lowest BCUT2D eigenvalue weighted by molar-refractivity contribution is 0.934. The first-order chi connectivity index (χ1) is 4.36. The van der Waals surface area contributed by atoms with Gasteiger partial charge in [0.1, 0.15) is 0 Å². The van der Waals surface area contributed by atoms with Crippen molar-refractivity contribution in [1.82, 2.24) is 4.57 Å². The molecule has 0 spiro atoms. The summed E-state index contributed by atoms with van der Waals surface area (Å²) in [7, 11) is 2.05. The van der Waals surface area contributed by atoms with Gasteiger partial charge in [0.05, 0.1) is 4.70 Å². The maximum atomic E-state index is 2.14. The topological polar surface area (TPSA) is 4.93 Å². The predicted octanol–water partition coefficient (Wildman–Crippen LogP) is 2.24. The average Bonchev–Trinajstić information content (AvgIpc) is 2.22. The Balaban J connectivity index is 2.92. The van der Waals surface area contributed by atoms with Crippen LogP contribution in [0.4, 0.5) is 0 Å². The fourth-order valence-electron chi connectivity index (χ4n) is 0.984.